The third kappa shape index (κ3) is 3.72. The van der Waals surface area contributed by atoms with Crippen LogP contribution in [0.5, 0.6) is 0 Å². The van der Waals surface area contributed by atoms with Gasteiger partial charge in [-0.2, -0.15) is 0 Å². The molecule has 112 valence electrons. The van der Waals surface area contributed by atoms with Gasteiger partial charge in [0, 0.05) is 25.3 Å². The summed E-state index contributed by atoms with van der Waals surface area (Å²) in [4.78, 5) is 7.24. The van der Waals surface area contributed by atoms with E-state index in [2.05, 4.69) is 44.0 Å². The summed E-state index contributed by atoms with van der Waals surface area (Å²) in [6, 6.07) is 2.98. The van der Waals surface area contributed by atoms with E-state index in [-0.39, 0.29) is 0 Å². The molecule has 1 aliphatic rings. The number of anilines is 1. The van der Waals surface area contributed by atoms with E-state index < -0.39 is 0 Å². The predicted octanol–water partition coefficient (Wildman–Crippen LogP) is 3.51. The van der Waals surface area contributed by atoms with Crippen molar-refractivity contribution in [2.24, 2.45) is 5.92 Å². The van der Waals surface area contributed by atoms with Crippen LogP contribution in [-0.2, 0) is 6.54 Å². The van der Waals surface area contributed by atoms with Crippen molar-refractivity contribution < 1.29 is 0 Å². The van der Waals surface area contributed by atoms with E-state index in [9.17, 15) is 0 Å². The molecule has 0 aliphatic carbocycles. The van der Waals surface area contributed by atoms with Crippen molar-refractivity contribution in [2.45, 2.75) is 59.5 Å². The number of rotatable bonds is 6. The quantitative estimate of drug-likeness (QED) is 0.861. The molecule has 3 nitrogen and oxygen atoms in total. The molecule has 0 amide bonds. The van der Waals surface area contributed by atoms with Gasteiger partial charge in [0.05, 0.1) is 0 Å². The number of pyridine rings is 1. The summed E-state index contributed by atoms with van der Waals surface area (Å²) in [6.45, 7) is 12.1. The van der Waals surface area contributed by atoms with Gasteiger partial charge in [0.25, 0.3) is 0 Å². The molecule has 0 saturated carbocycles. The van der Waals surface area contributed by atoms with Gasteiger partial charge in [-0.15, -0.1) is 0 Å². The Morgan fingerprint density at radius 1 is 1.45 bits per heavy atom. The third-order valence-corrected chi connectivity index (χ3v) is 4.11. The Kier molecular flexibility index (Phi) is 5.41. The Morgan fingerprint density at radius 2 is 2.25 bits per heavy atom. The van der Waals surface area contributed by atoms with Gasteiger partial charge in [0.15, 0.2) is 0 Å². The maximum atomic E-state index is 4.74. The fourth-order valence-corrected chi connectivity index (χ4v) is 3.07. The first-order chi connectivity index (χ1) is 9.61. The molecule has 1 unspecified atom stereocenters. The first-order valence-corrected chi connectivity index (χ1v) is 8.04. The van der Waals surface area contributed by atoms with Crippen LogP contribution in [0.4, 0.5) is 5.82 Å². The summed E-state index contributed by atoms with van der Waals surface area (Å²) >= 11 is 0. The van der Waals surface area contributed by atoms with E-state index in [1.807, 2.05) is 6.20 Å². The number of nitrogens with one attached hydrogen (secondary N) is 1. The smallest absolute Gasteiger partial charge is 0.131 e. The number of aromatic nitrogens is 1. The van der Waals surface area contributed by atoms with Crippen LogP contribution in [0.3, 0.4) is 0 Å². The first kappa shape index (κ1) is 15.3. The fraction of sp³-hybridized carbons (Fsp3) is 0.706. The topological polar surface area (TPSA) is 28.2 Å². The van der Waals surface area contributed by atoms with Gasteiger partial charge in [-0.25, -0.2) is 4.98 Å². The Balaban J connectivity index is 2.02. The molecule has 1 atom stereocenters. The second kappa shape index (κ2) is 7.07. The average Bonchev–Trinajstić information content (AvgIpc) is 2.86. The molecule has 1 fully saturated rings. The number of aryl methyl sites for hydroxylation is 1. The summed E-state index contributed by atoms with van der Waals surface area (Å²) in [5, 5.41) is 3.48. The summed E-state index contributed by atoms with van der Waals surface area (Å²) in [5.74, 6) is 1.89. The zero-order valence-electron chi connectivity index (χ0n) is 13.4. The lowest BCUT2D eigenvalue weighted by molar-refractivity contribution is 0.551. The van der Waals surface area contributed by atoms with Crippen LogP contribution < -0.4 is 10.2 Å². The molecule has 0 radical (unpaired) electrons. The zero-order chi connectivity index (χ0) is 14.5. The second-order valence-corrected chi connectivity index (χ2v) is 6.41. The highest BCUT2D eigenvalue weighted by molar-refractivity contribution is 5.49. The van der Waals surface area contributed by atoms with Crippen LogP contribution in [0.15, 0.2) is 12.3 Å². The maximum Gasteiger partial charge on any atom is 0.131 e. The van der Waals surface area contributed by atoms with Crippen LogP contribution >= 0.6 is 0 Å². The summed E-state index contributed by atoms with van der Waals surface area (Å²) in [7, 11) is 0. The molecule has 0 bridgehead atoms. The number of hydrogen-bond donors (Lipinski definition) is 1. The molecule has 3 heteroatoms. The minimum Gasteiger partial charge on any atom is -0.353 e. The van der Waals surface area contributed by atoms with Crippen molar-refractivity contribution in [3.8, 4) is 0 Å². The average molecular weight is 275 g/mol. The normalized spacial score (nSPS) is 19.1. The van der Waals surface area contributed by atoms with E-state index >= 15 is 0 Å². The fourth-order valence-electron chi connectivity index (χ4n) is 3.07. The monoisotopic (exact) mass is 275 g/mol. The molecular weight excluding hydrogens is 246 g/mol. The zero-order valence-corrected chi connectivity index (χ0v) is 13.4. The summed E-state index contributed by atoms with van der Waals surface area (Å²) in [6.07, 6.45) is 5.88. The van der Waals surface area contributed by atoms with Crippen LogP contribution in [0.2, 0.25) is 0 Å². The minimum absolute atomic E-state index is 0.686. The van der Waals surface area contributed by atoms with Gasteiger partial charge in [-0.3, -0.25) is 0 Å². The Labute approximate surface area is 123 Å². The predicted molar refractivity (Wildman–Crippen MR) is 86.2 cm³/mol. The highest BCUT2D eigenvalue weighted by Gasteiger charge is 2.25. The Bertz CT molecular complexity index is 428. The van der Waals surface area contributed by atoms with E-state index in [1.54, 1.807) is 0 Å². The lowest BCUT2D eigenvalue weighted by atomic mass is 10.1. The van der Waals surface area contributed by atoms with E-state index in [1.165, 1.54) is 36.2 Å². The molecule has 20 heavy (non-hydrogen) atoms. The first-order valence-electron chi connectivity index (χ1n) is 8.04. The van der Waals surface area contributed by atoms with Crippen molar-refractivity contribution in [1.82, 2.24) is 10.3 Å². The van der Waals surface area contributed by atoms with Gasteiger partial charge >= 0.3 is 0 Å². The Hall–Kier alpha value is -1.09. The van der Waals surface area contributed by atoms with Gasteiger partial charge in [0.2, 0.25) is 0 Å². The molecule has 0 spiro atoms. The lowest BCUT2D eigenvalue weighted by Gasteiger charge is -2.26. The highest BCUT2D eigenvalue weighted by atomic mass is 15.2. The molecule has 1 aromatic rings. The molecule has 1 N–H and O–H groups in total. The van der Waals surface area contributed by atoms with Crippen molar-refractivity contribution in [1.29, 1.82) is 0 Å². The van der Waals surface area contributed by atoms with Gasteiger partial charge in [0.1, 0.15) is 5.82 Å². The van der Waals surface area contributed by atoms with Crippen LogP contribution in [0, 0.1) is 12.8 Å². The maximum absolute atomic E-state index is 4.74. The summed E-state index contributed by atoms with van der Waals surface area (Å²) in [5.41, 5.74) is 2.60. The third-order valence-electron chi connectivity index (χ3n) is 4.11. The van der Waals surface area contributed by atoms with Crippen LogP contribution in [0.25, 0.3) is 0 Å². The SMILES string of the molecule is CCC1CCCN1c1ncc(CNCC(C)C)cc1C. The largest absolute Gasteiger partial charge is 0.353 e. The van der Waals surface area contributed by atoms with Gasteiger partial charge < -0.3 is 10.2 Å². The minimum atomic E-state index is 0.686. The van der Waals surface area contributed by atoms with Crippen molar-refractivity contribution >= 4 is 5.82 Å². The molecule has 1 aromatic heterocycles. The summed E-state index contributed by atoms with van der Waals surface area (Å²) < 4.78 is 0. The second-order valence-electron chi connectivity index (χ2n) is 6.41. The van der Waals surface area contributed by atoms with Crippen molar-refractivity contribution in [3.63, 3.8) is 0 Å². The molecule has 0 aromatic carbocycles. The molecule has 2 rings (SSSR count). The Morgan fingerprint density at radius 3 is 2.90 bits per heavy atom. The number of nitrogens with zero attached hydrogens (tertiary/aromatic N) is 2. The molecule has 2 heterocycles. The highest BCUT2D eigenvalue weighted by Crippen LogP contribution is 2.28. The van der Waals surface area contributed by atoms with E-state index in [0.717, 1.165) is 19.6 Å². The van der Waals surface area contributed by atoms with Gasteiger partial charge in [-0.05, 0) is 55.8 Å². The molecular formula is C17H29N3. The van der Waals surface area contributed by atoms with Crippen LogP contribution in [0.1, 0.15) is 51.2 Å². The van der Waals surface area contributed by atoms with Crippen molar-refractivity contribution in [3.05, 3.63) is 23.4 Å². The molecule has 1 aliphatic heterocycles. The van der Waals surface area contributed by atoms with E-state index in [0.29, 0.717) is 12.0 Å². The number of hydrogen-bond acceptors (Lipinski definition) is 3. The molecule has 1 saturated heterocycles. The lowest BCUT2D eigenvalue weighted by Crippen LogP contribution is -2.30. The van der Waals surface area contributed by atoms with Gasteiger partial charge in [-0.1, -0.05) is 20.8 Å². The van der Waals surface area contributed by atoms with Crippen molar-refractivity contribution in [2.75, 3.05) is 18.0 Å². The standard InChI is InChI=1S/C17H29N3/c1-5-16-7-6-8-20(16)17-14(4)9-15(12-19-17)11-18-10-13(2)3/h9,12-13,16,18H,5-8,10-11H2,1-4H3. The van der Waals surface area contributed by atoms with Crippen LogP contribution in [-0.4, -0.2) is 24.1 Å². The van der Waals surface area contributed by atoms with E-state index in [4.69, 9.17) is 4.98 Å².